The van der Waals surface area contributed by atoms with Crippen molar-refractivity contribution in [2.24, 2.45) is 0 Å². The van der Waals surface area contributed by atoms with Gasteiger partial charge >= 0.3 is 0 Å². The molecule has 1 aliphatic rings. The molecule has 0 bridgehead atoms. The molecule has 2 aromatic carbocycles. The molecule has 6 heteroatoms. The monoisotopic (exact) mass is 425 g/mol. The lowest BCUT2D eigenvalue weighted by Gasteiger charge is -2.22. The highest BCUT2D eigenvalue weighted by Gasteiger charge is 2.25. The van der Waals surface area contributed by atoms with E-state index in [9.17, 15) is 0 Å². The number of hydrogen-bond donors (Lipinski definition) is 0. The summed E-state index contributed by atoms with van der Waals surface area (Å²) >= 11 is 0. The molecule has 1 unspecified atom stereocenters. The second-order valence-electron chi connectivity index (χ2n) is 8.34. The number of benzene rings is 2. The summed E-state index contributed by atoms with van der Waals surface area (Å²) in [5.74, 6) is 2.90. The average Bonchev–Trinajstić information content (AvgIpc) is 3.43. The van der Waals surface area contributed by atoms with Gasteiger partial charge in [-0.25, -0.2) is 14.6 Å². The normalized spacial score (nSPS) is 15.8. The standard InChI is InChI=1S/C26H27N5O/c1-18-6-10-21(11-7-18)22-5-4-14-31-26(22)28-25(29-31)13-9-20-8-12-23(24(15-20)32-3)30-16-19(2)27-17-30/h6-13,15-17,22H,4-5,14H2,1-3H3. The minimum absolute atomic E-state index is 0.303. The first-order valence-electron chi connectivity index (χ1n) is 11.0. The fraction of sp³-hybridized carbons (Fsp3) is 0.269. The van der Waals surface area contributed by atoms with E-state index in [1.165, 1.54) is 11.1 Å². The van der Waals surface area contributed by atoms with E-state index < -0.39 is 0 Å². The average molecular weight is 426 g/mol. The number of imidazole rings is 1. The molecule has 0 amide bonds. The van der Waals surface area contributed by atoms with Gasteiger partial charge in [-0.05, 0) is 56.0 Å². The summed E-state index contributed by atoms with van der Waals surface area (Å²) in [6.07, 6.45) is 10.0. The van der Waals surface area contributed by atoms with Gasteiger partial charge in [0.25, 0.3) is 0 Å². The van der Waals surface area contributed by atoms with Crippen molar-refractivity contribution in [3.8, 4) is 11.4 Å². The van der Waals surface area contributed by atoms with Crippen LogP contribution >= 0.6 is 0 Å². The second-order valence-corrected chi connectivity index (χ2v) is 8.34. The fourth-order valence-electron chi connectivity index (χ4n) is 4.29. The number of nitrogens with zero attached hydrogens (tertiary/aromatic N) is 5. The fourth-order valence-corrected chi connectivity index (χ4v) is 4.29. The van der Waals surface area contributed by atoms with Crippen molar-refractivity contribution in [2.45, 2.75) is 39.2 Å². The Hall–Kier alpha value is -3.67. The van der Waals surface area contributed by atoms with E-state index >= 15 is 0 Å². The topological polar surface area (TPSA) is 57.8 Å². The Morgan fingerprint density at radius 2 is 1.91 bits per heavy atom. The molecule has 0 fully saturated rings. The summed E-state index contributed by atoms with van der Waals surface area (Å²) in [6, 6.07) is 14.9. The van der Waals surface area contributed by atoms with Crippen molar-refractivity contribution in [2.75, 3.05) is 7.11 Å². The zero-order valence-corrected chi connectivity index (χ0v) is 18.7. The molecule has 0 N–H and O–H groups in total. The Labute approximate surface area is 188 Å². The molecule has 0 saturated heterocycles. The molecule has 1 atom stereocenters. The number of rotatable bonds is 5. The highest BCUT2D eigenvalue weighted by molar-refractivity contribution is 5.69. The number of aromatic nitrogens is 5. The third-order valence-corrected chi connectivity index (χ3v) is 5.99. The molecule has 32 heavy (non-hydrogen) atoms. The number of hydrogen-bond acceptors (Lipinski definition) is 4. The Balaban J connectivity index is 1.40. The third-order valence-electron chi connectivity index (χ3n) is 5.99. The Kier molecular flexibility index (Phi) is 5.35. The lowest BCUT2D eigenvalue weighted by molar-refractivity contribution is 0.413. The minimum atomic E-state index is 0.303. The van der Waals surface area contributed by atoms with Crippen molar-refractivity contribution < 1.29 is 4.74 Å². The highest BCUT2D eigenvalue weighted by atomic mass is 16.5. The summed E-state index contributed by atoms with van der Waals surface area (Å²) in [4.78, 5) is 9.18. The van der Waals surface area contributed by atoms with Crippen molar-refractivity contribution in [3.63, 3.8) is 0 Å². The Bertz CT molecular complexity index is 1270. The molecular weight excluding hydrogens is 398 g/mol. The van der Waals surface area contributed by atoms with Gasteiger partial charge < -0.3 is 9.30 Å². The first-order chi connectivity index (χ1) is 15.6. The minimum Gasteiger partial charge on any atom is -0.495 e. The number of fused-ring (bicyclic) bond motifs is 1. The van der Waals surface area contributed by atoms with Crippen molar-refractivity contribution >= 4 is 12.2 Å². The SMILES string of the molecule is COc1cc(C=Cc2nc3n(n2)CCCC3c2ccc(C)cc2)ccc1-n1cnc(C)c1. The van der Waals surface area contributed by atoms with Crippen LogP contribution in [-0.2, 0) is 6.54 Å². The van der Waals surface area contributed by atoms with Crippen molar-refractivity contribution in [1.29, 1.82) is 0 Å². The largest absolute Gasteiger partial charge is 0.495 e. The quantitative estimate of drug-likeness (QED) is 0.442. The van der Waals surface area contributed by atoms with Gasteiger partial charge in [0.05, 0.1) is 24.8 Å². The molecule has 0 aliphatic carbocycles. The van der Waals surface area contributed by atoms with Gasteiger partial charge in [-0.2, -0.15) is 5.10 Å². The van der Waals surface area contributed by atoms with Gasteiger partial charge in [-0.15, -0.1) is 0 Å². The van der Waals surface area contributed by atoms with Crippen molar-refractivity contribution in [3.05, 3.63) is 89.0 Å². The number of ether oxygens (including phenoxy) is 1. The molecule has 0 spiro atoms. The van der Waals surface area contributed by atoms with Gasteiger partial charge in [0.15, 0.2) is 5.82 Å². The third kappa shape index (κ3) is 3.96. The van der Waals surface area contributed by atoms with Crippen LogP contribution in [0.2, 0.25) is 0 Å². The van der Waals surface area contributed by atoms with Crippen LogP contribution in [0.25, 0.3) is 17.8 Å². The van der Waals surface area contributed by atoms with Crippen LogP contribution in [-0.4, -0.2) is 31.4 Å². The van der Waals surface area contributed by atoms with Crippen LogP contribution in [0.5, 0.6) is 5.75 Å². The van der Waals surface area contributed by atoms with E-state index in [2.05, 4.69) is 46.9 Å². The van der Waals surface area contributed by atoms with E-state index in [4.69, 9.17) is 14.8 Å². The molecule has 0 saturated carbocycles. The van der Waals surface area contributed by atoms with Crippen molar-refractivity contribution in [1.82, 2.24) is 24.3 Å². The molecule has 2 aromatic heterocycles. The van der Waals surface area contributed by atoms with Gasteiger partial charge in [0.2, 0.25) is 0 Å². The molecule has 6 nitrogen and oxygen atoms in total. The molecule has 5 rings (SSSR count). The maximum Gasteiger partial charge on any atom is 0.174 e. The predicted molar refractivity (Wildman–Crippen MR) is 126 cm³/mol. The number of aryl methyl sites for hydroxylation is 3. The molecule has 3 heterocycles. The Morgan fingerprint density at radius 1 is 1.06 bits per heavy atom. The van der Waals surface area contributed by atoms with Crippen LogP contribution in [0.3, 0.4) is 0 Å². The highest BCUT2D eigenvalue weighted by Crippen LogP contribution is 2.32. The van der Waals surface area contributed by atoms with E-state index in [0.717, 1.165) is 53.7 Å². The first-order valence-corrected chi connectivity index (χ1v) is 11.0. The lowest BCUT2D eigenvalue weighted by atomic mass is 9.91. The predicted octanol–water partition coefficient (Wildman–Crippen LogP) is 5.19. The van der Waals surface area contributed by atoms with Crippen LogP contribution < -0.4 is 4.74 Å². The van der Waals surface area contributed by atoms with Gasteiger partial charge in [0, 0.05) is 18.7 Å². The van der Waals surface area contributed by atoms with Crippen LogP contribution in [0.15, 0.2) is 55.0 Å². The zero-order valence-electron chi connectivity index (χ0n) is 18.7. The zero-order chi connectivity index (χ0) is 22.1. The second kappa shape index (κ2) is 8.46. The summed E-state index contributed by atoms with van der Waals surface area (Å²) in [6.45, 7) is 5.01. The summed E-state index contributed by atoms with van der Waals surface area (Å²) in [5, 5.41) is 4.74. The van der Waals surface area contributed by atoms with E-state index in [1.54, 1.807) is 13.4 Å². The van der Waals surface area contributed by atoms with E-state index in [0.29, 0.717) is 5.92 Å². The van der Waals surface area contributed by atoms with E-state index in [1.807, 2.05) is 42.0 Å². The lowest BCUT2D eigenvalue weighted by Crippen LogP contribution is -2.17. The maximum absolute atomic E-state index is 5.62. The van der Waals surface area contributed by atoms with Crippen LogP contribution in [0, 0.1) is 13.8 Å². The van der Waals surface area contributed by atoms with Gasteiger partial charge in [0.1, 0.15) is 11.6 Å². The molecule has 1 aliphatic heterocycles. The Morgan fingerprint density at radius 3 is 2.66 bits per heavy atom. The molecular formula is C26H27N5O. The van der Waals surface area contributed by atoms with E-state index in [-0.39, 0.29) is 0 Å². The van der Waals surface area contributed by atoms with Gasteiger partial charge in [-0.3, -0.25) is 0 Å². The number of methoxy groups -OCH3 is 1. The first kappa shape index (κ1) is 20.2. The van der Waals surface area contributed by atoms with Gasteiger partial charge in [-0.1, -0.05) is 42.0 Å². The molecule has 0 radical (unpaired) electrons. The maximum atomic E-state index is 5.62. The molecule has 4 aromatic rings. The summed E-state index contributed by atoms with van der Waals surface area (Å²) in [7, 11) is 1.69. The smallest absolute Gasteiger partial charge is 0.174 e. The summed E-state index contributed by atoms with van der Waals surface area (Å²) in [5.41, 5.74) is 5.55. The van der Waals surface area contributed by atoms with Crippen LogP contribution in [0.4, 0.5) is 0 Å². The van der Waals surface area contributed by atoms with Crippen LogP contribution in [0.1, 0.15) is 52.8 Å². The molecule has 162 valence electrons. The summed E-state index contributed by atoms with van der Waals surface area (Å²) < 4.78 is 9.66.